The van der Waals surface area contributed by atoms with E-state index >= 15 is 0 Å². The number of ether oxygens (including phenoxy) is 2. The van der Waals surface area contributed by atoms with E-state index in [4.69, 9.17) is 32.7 Å². The van der Waals surface area contributed by atoms with Crippen LogP contribution in [0.25, 0.3) is 0 Å². The maximum absolute atomic E-state index is 11.7. The molecular weight excluding hydrogens is 355 g/mol. The summed E-state index contributed by atoms with van der Waals surface area (Å²) >= 11 is 11.7. The molecule has 0 spiro atoms. The number of carbonyl (C=O) groups is 1. The Balaban J connectivity index is 1.86. The minimum absolute atomic E-state index is 0.0203. The van der Waals surface area contributed by atoms with Gasteiger partial charge in [-0.3, -0.25) is 4.79 Å². The van der Waals surface area contributed by atoms with Crippen LogP contribution in [-0.4, -0.2) is 30.9 Å². The van der Waals surface area contributed by atoms with Gasteiger partial charge in [0, 0.05) is 5.02 Å². The van der Waals surface area contributed by atoms with Crippen LogP contribution in [0.5, 0.6) is 17.2 Å². The van der Waals surface area contributed by atoms with E-state index in [2.05, 4.69) is 10.5 Å². The number of hydrogen-bond acceptors (Lipinski definition) is 5. The first-order chi connectivity index (χ1) is 11.5. The number of amides is 1. The molecule has 0 saturated carbocycles. The Morgan fingerprint density at radius 2 is 2.04 bits per heavy atom. The molecule has 0 aliphatic heterocycles. The predicted molar refractivity (Wildman–Crippen MR) is 92.4 cm³/mol. The second-order valence-electron chi connectivity index (χ2n) is 4.59. The van der Waals surface area contributed by atoms with Crippen molar-refractivity contribution in [3.05, 3.63) is 52.0 Å². The average molecular weight is 369 g/mol. The molecule has 0 unspecified atom stereocenters. The molecule has 0 saturated heterocycles. The predicted octanol–water partition coefficient (Wildman–Crippen LogP) is 3.24. The van der Waals surface area contributed by atoms with Crippen molar-refractivity contribution in [2.75, 3.05) is 13.7 Å². The van der Waals surface area contributed by atoms with Crippen LogP contribution < -0.4 is 14.9 Å². The summed E-state index contributed by atoms with van der Waals surface area (Å²) in [6.07, 6.45) is 1.41. The first kappa shape index (κ1) is 17.9. The number of halogens is 2. The van der Waals surface area contributed by atoms with E-state index in [1.807, 2.05) is 0 Å². The van der Waals surface area contributed by atoms with Crippen LogP contribution in [0.2, 0.25) is 10.0 Å². The number of hydrogen-bond donors (Lipinski definition) is 2. The molecule has 2 aromatic rings. The lowest BCUT2D eigenvalue weighted by Gasteiger charge is -2.07. The Morgan fingerprint density at radius 1 is 1.25 bits per heavy atom. The number of rotatable bonds is 6. The second-order valence-corrected chi connectivity index (χ2v) is 5.43. The van der Waals surface area contributed by atoms with E-state index in [0.29, 0.717) is 27.1 Å². The van der Waals surface area contributed by atoms with Crippen molar-refractivity contribution in [2.45, 2.75) is 0 Å². The Hall–Kier alpha value is -2.44. The van der Waals surface area contributed by atoms with Crippen LogP contribution in [0.1, 0.15) is 5.56 Å². The standard InChI is InChI=1S/C16H14Cl2N2O4/c1-23-15-6-10(2-4-13(15)21)8-19-20-16(22)9-24-14-5-3-11(17)7-12(14)18/h2-8,21H,9H2,1H3,(H,20,22)/b19-8+. The number of phenolic OH excluding ortho intramolecular Hbond substituents is 1. The molecular formula is C16H14Cl2N2O4. The molecule has 0 fully saturated rings. The fourth-order valence-electron chi connectivity index (χ4n) is 1.72. The SMILES string of the molecule is COc1cc(/C=N/NC(=O)COc2ccc(Cl)cc2Cl)ccc1O. The highest BCUT2D eigenvalue weighted by molar-refractivity contribution is 6.35. The van der Waals surface area contributed by atoms with Crippen molar-refractivity contribution < 1.29 is 19.4 Å². The summed E-state index contributed by atoms with van der Waals surface area (Å²) in [5.74, 6) is 0.226. The van der Waals surface area contributed by atoms with Gasteiger partial charge in [0.2, 0.25) is 0 Å². The molecule has 2 rings (SSSR count). The zero-order valence-electron chi connectivity index (χ0n) is 12.6. The largest absolute Gasteiger partial charge is 0.504 e. The fourth-order valence-corrected chi connectivity index (χ4v) is 2.18. The van der Waals surface area contributed by atoms with Crippen LogP contribution in [0.4, 0.5) is 0 Å². The number of nitrogens with one attached hydrogen (secondary N) is 1. The van der Waals surface area contributed by atoms with Crippen molar-refractivity contribution in [1.29, 1.82) is 0 Å². The van der Waals surface area contributed by atoms with E-state index in [1.165, 1.54) is 25.5 Å². The second kappa shape index (κ2) is 8.42. The summed E-state index contributed by atoms with van der Waals surface area (Å²) in [5, 5.41) is 14.1. The van der Waals surface area contributed by atoms with Crippen LogP contribution in [-0.2, 0) is 4.79 Å². The molecule has 0 heterocycles. The number of benzene rings is 2. The third kappa shape index (κ3) is 5.04. The van der Waals surface area contributed by atoms with Gasteiger partial charge in [0.15, 0.2) is 18.1 Å². The zero-order valence-corrected chi connectivity index (χ0v) is 14.1. The minimum atomic E-state index is -0.456. The smallest absolute Gasteiger partial charge is 0.277 e. The van der Waals surface area contributed by atoms with Gasteiger partial charge in [-0.25, -0.2) is 5.43 Å². The van der Waals surface area contributed by atoms with Crippen LogP contribution in [0.3, 0.4) is 0 Å². The quantitative estimate of drug-likeness (QED) is 0.605. The summed E-state index contributed by atoms with van der Waals surface area (Å²) < 4.78 is 10.3. The molecule has 8 heteroatoms. The number of methoxy groups -OCH3 is 1. The van der Waals surface area contributed by atoms with E-state index in [0.717, 1.165) is 0 Å². The highest BCUT2D eigenvalue weighted by Gasteiger charge is 2.06. The molecule has 1 amide bonds. The zero-order chi connectivity index (χ0) is 17.5. The molecule has 0 aromatic heterocycles. The highest BCUT2D eigenvalue weighted by Crippen LogP contribution is 2.27. The summed E-state index contributed by atoms with van der Waals surface area (Å²) in [6.45, 7) is -0.252. The average Bonchev–Trinajstić information content (AvgIpc) is 2.55. The molecule has 0 radical (unpaired) electrons. The molecule has 0 aliphatic rings. The van der Waals surface area contributed by atoms with Crippen LogP contribution >= 0.6 is 23.2 Å². The number of aromatic hydroxyl groups is 1. The normalized spacial score (nSPS) is 10.6. The van der Waals surface area contributed by atoms with E-state index < -0.39 is 5.91 Å². The van der Waals surface area contributed by atoms with E-state index in [9.17, 15) is 9.90 Å². The Labute approximate surface area is 148 Å². The third-order valence-electron chi connectivity index (χ3n) is 2.86. The molecule has 2 N–H and O–H groups in total. The van der Waals surface area contributed by atoms with Crippen molar-refractivity contribution >= 4 is 35.3 Å². The van der Waals surface area contributed by atoms with E-state index in [-0.39, 0.29) is 12.4 Å². The highest BCUT2D eigenvalue weighted by atomic mass is 35.5. The number of hydrazone groups is 1. The topological polar surface area (TPSA) is 80.2 Å². The summed E-state index contributed by atoms with van der Waals surface area (Å²) in [5.41, 5.74) is 2.96. The minimum Gasteiger partial charge on any atom is -0.504 e. The van der Waals surface area contributed by atoms with Gasteiger partial charge in [-0.05, 0) is 42.0 Å². The van der Waals surface area contributed by atoms with Gasteiger partial charge in [0.05, 0.1) is 18.3 Å². The maximum atomic E-state index is 11.7. The summed E-state index contributed by atoms with van der Waals surface area (Å²) in [7, 11) is 1.44. The van der Waals surface area contributed by atoms with Gasteiger partial charge >= 0.3 is 0 Å². The molecule has 0 bridgehead atoms. The van der Waals surface area contributed by atoms with E-state index in [1.54, 1.807) is 24.3 Å². The first-order valence-corrected chi connectivity index (χ1v) is 7.52. The van der Waals surface area contributed by atoms with Crippen LogP contribution in [0, 0.1) is 0 Å². The fraction of sp³-hybridized carbons (Fsp3) is 0.125. The lowest BCUT2D eigenvalue weighted by molar-refractivity contribution is -0.123. The summed E-state index contributed by atoms with van der Waals surface area (Å²) in [6, 6.07) is 9.37. The molecule has 24 heavy (non-hydrogen) atoms. The van der Waals surface area contributed by atoms with Crippen molar-refractivity contribution in [3.8, 4) is 17.2 Å². The van der Waals surface area contributed by atoms with Gasteiger partial charge in [0.1, 0.15) is 5.75 Å². The Bertz CT molecular complexity index is 766. The Morgan fingerprint density at radius 3 is 2.75 bits per heavy atom. The van der Waals surface area contributed by atoms with Gasteiger partial charge < -0.3 is 14.6 Å². The molecule has 6 nitrogen and oxygen atoms in total. The van der Waals surface area contributed by atoms with Crippen molar-refractivity contribution in [1.82, 2.24) is 5.43 Å². The molecule has 0 aliphatic carbocycles. The van der Waals surface area contributed by atoms with Gasteiger partial charge in [-0.1, -0.05) is 23.2 Å². The lowest BCUT2D eigenvalue weighted by Crippen LogP contribution is -2.24. The number of carbonyl (C=O) groups excluding carboxylic acids is 1. The van der Waals surface area contributed by atoms with Crippen molar-refractivity contribution in [3.63, 3.8) is 0 Å². The lowest BCUT2D eigenvalue weighted by atomic mass is 10.2. The molecule has 126 valence electrons. The first-order valence-electron chi connectivity index (χ1n) is 6.76. The Kier molecular flexibility index (Phi) is 6.28. The summed E-state index contributed by atoms with van der Waals surface area (Å²) in [4.78, 5) is 11.7. The molecule has 2 aromatic carbocycles. The maximum Gasteiger partial charge on any atom is 0.277 e. The third-order valence-corrected chi connectivity index (χ3v) is 3.39. The monoisotopic (exact) mass is 368 g/mol. The number of phenols is 1. The van der Waals surface area contributed by atoms with Gasteiger partial charge in [-0.2, -0.15) is 5.10 Å². The van der Waals surface area contributed by atoms with Gasteiger partial charge in [-0.15, -0.1) is 0 Å². The van der Waals surface area contributed by atoms with Crippen molar-refractivity contribution in [2.24, 2.45) is 5.10 Å². The van der Waals surface area contributed by atoms with Crippen LogP contribution in [0.15, 0.2) is 41.5 Å². The van der Waals surface area contributed by atoms with Gasteiger partial charge in [0.25, 0.3) is 5.91 Å². The number of nitrogens with zero attached hydrogens (tertiary/aromatic N) is 1. The molecule has 0 atom stereocenters.